The number of nitriles is 1. The number of carbonyl (C=O) groups excluding carboxylic acids is 1. The zero-order chi connectivity index (χ0) is 31.6. The molecular weight excluding hydrogens is 582 g/mol. The third-order valence-electron chi connectivity index (χ3n) is 11.9. The molecule has 1 saturated carbocycles. The van der Waals surface area contributed by atoms with Crippen LogP contribution < -0.4 is 4.74 Å². The van der Waals surface area contributed by atoms with Gasteiger partial charge in [0.1, 0.15) is 24.1 Å². The third kappa shape index (κ3) is 4.73. The average molecular weight is 623 g/mol. The molecule has 3 saturated heterocycles. The van der Waals surface area contributed by atoms with Crippen molar-refractivity contribution in [2.24, 2.45) is 5.92 Å². The summed E-state index contributed by atoms with van der Waals surface area (Å²) in [6, 6.07) is 11.8. The van der Waals surface area contributed by atoms with E-state index in [4.69, 9.17) is 9.72 Å². The lowest BCUT2D eigenvalue weighted by Crippen LogP contribution is -2.43. The summed E-state index contributed by atoms with van der Waals surface area (Å²) in [4.78, 5) is 21.8. The van der Waals surface area contributed by atoms with Crippen LogP contribution in [0.15, 0.2) is 42.7 Å². The zero-order valence-corrected chi connectivity index (χ0v) is 26.3. The fraction of sp³-hybridized carbons (Fsp3) is 0.500. The molecule has 0 spiro atoms. The maximum Gasteiger partial charge on any atom is 0.282 e. The summed E-state index contributed by atoms with van der Waals surface area (Å²) >= 11 is 0. The summed E-state index contributed by atoms with van der Waals surface area (Å²) < 4.78 is 36.8. The molecule has 8 rings (SSSR count). The van der Waals surface area contributed by atoms with Crippen molar-refractivity contribution < 1.29 is 18.3 Å². The van der Waals surface area contributed by atoms with Crippen LogP contribution in [0.5, 0.6) is 5.88 Å². The Morgan fingerprint density at radius 3 is 2.67 bits per heavy atom. The van der Waals surface area contributed by atoms with Gasteiger partial charge in [0, 0.05) is 23.5 Å². The number of benzene rings is 2. The zero-order valence-electron chi connectivity index (χ0n) is 26.3. The molecule has 2 aliphatic carbocycles. The van der Waals surface area contributed by atoms with Gasteiger partial charge in [-0.25, -0.2) is 13.8 Å². The molecule has 46 heavy (non-hydrogen) atoms. The van der Waals surface area contributed by atoms with Crippen molar-refractivity contribution in [1.82, 2.24) is 14.8 Å². The van der Waals surface area contributed by atoms with Gasteiger partial charge in [-0.05, 0) is 130 Å². The largest absolute Gasteiger partial charge is 0.475 e. The van der Waals surface area contributed by atoms with Gasteiger partial charge < -0.3 is 9.64 Å². The normalized spacial score (nSPS) is 24.9. The molecule has 0 N–H and O–H groups in total. The number of fused-ring (bicyclic) bond motifs is 4. The van der Waals surface area contributed by atoms with E-state index in [1.54, 1.807) is 11.0 Å². The smallest absolute Gasteiger partial charge is 0.282 e. The van der Waals surface area contributed by atoms with Crippen molar-refractivity contribution in [3.8, 4) is 23.1 Å². The molecule has 3 atom stereocenters. The molecule has 1 unspecified atom stereocenters. The molecule has 4 heterocycles. The molecular formula is C38H40F2N4O2. The molecule has 238 valence electrons. The average Bonchev–Trinajstić information content (AvgIpc) is 3.84. The first-order valence-electron chi connectivity index (χ1n) is 17.1. The summed E-state index contributed by atoms with van der Waals surface area (Å²) in [6.07, 6.45) is 10.6. The Labute approximate surface area is 269 Å². The highest BCUT2D eigenvalue weighted by Crippen LogP contribution is 2.50. The van der Waals surface area contributed by atoms with Crippen LogP contribution in [0.3, 0.4) is 0 Å². The van der Waals surface area contributed by atoms with Gasteiger partial charge in [-0.1, -0.05) is 24.8 Å². The maximum absolute atomic E-state index is 16.3. The molecule has 5 aliphatic rings. The molecule has 1 aromatic heterocycles. The van der Waals surface area contributed by atoms with E-state index in [-0.39, 0.29) is 29.2 Å². The summed E-state index contributed by atoms with van der Waals surface area (Å²) in [5.41, 5.74) is 5.62. The summed E-state index contributed by atoms with van der Waals surface area (Å²) in [6.45, 7) is 6.35. The number of amides is 1. The lowest BCUT2D eigenvalue weighted by molar-refractivity contribution is -0.129. The van der Waals surface area contributed by atoms with E-state index < -0.39 is 11.7 Å². The van der Waals surface area contributed by atoms with Crippen LogP contribution in [0.1, 0.15) is 86.0 Å². The minimum atomic E-state index is -0.947. The summed E-state index contributed by atoms with van der Waals surface area (Å²) in [5, 5.41) is 11.3. The first-order chi connectivity index (χ1) is 22.4. The predicted octanol–water partition coefficient (Wildman–Crippen LogP) is 7.38. The number of pyridine rings is 1. The van der Waals surface area contributed by atoms with E-state index in [0.717, 1.165) is 88.4 Å². The van der Waals surface area contributed by atoms with E-state index in [2.05, 4.69) is 23.6 Å². The quantitative estimate of drug-likeness (QED) is 0.269. The van der Waals surface area contributed by atoms with Crippen molar-refractivity contribution >= 4 is 16.8 Å². The number of aryl methyl sites for hydroxylation is 1. The molecule has 8 heteroatoms. The minimum Gasteiger partial charge on any atom is -0.475 e. The number of rotatable bonds is 6. The van der Waals surface area contributed by atoms with Crippen molar-refractivity contribution in [1.29, 1.82) is 5.26 Å². The molecule has 2 aromatic carbocycles. The van der Waals surface area contributed by atoms with Gasteiger partial charge in [-0.15, -0.1) is 0 Å². The predicted molar refractivity (Wildman–Crippen MR) is 173 cm³/mol. The lowest BCUT2D eigenvalue weighted by atomic mass is 9.84. The molecule has 0 radical (unpaired) electrons. The van der Waals surface area contributed by atoms with Crippen molar-refractivity contribution in [2.75, 3.05) is 26.2 Å². The fourth-order valence-corrected chi connectivity index (χ4v) is 9.73. The van der Waals surface area contributed by atoms with Gasteiger partial charge in [-0.3, -0.25) is 9.69 Å². The van der Waals surface area contributed by atoms with E-state index >= 15 is 4.39 Å². The number of likely N-dealkylation sites (tertiary alicyclic amines) is 1. The summed E-state index contributed by atoms with van der Waals surface area (Å²) in [7, 11) is 0. The second-order valence-electron chi connectivity index (χ2n) is 14.2. The number of hydrogen-bond acceptors (Lipinski definition) is 5. The van der Waals surface area contributed by atoms with Crippen LogP contribution in [0.2, 0.25) is 0 Å². The Bertz CT molecular complexity index is 1790. The summed E-state index contributed by atoms with van der Waals surface area (Å²) in [5.74, 6) is -1.57. The van der Waals surface area contributed by atoms with Crippen LogP contribution in [-0.2, 0) is 17.6 Å². The SMILES string of the molecule is C=C(F)C(=O)N1CC[C@H]2CC(c3c(C#N)c(OCC45CCCN4CCC5)nc4cc(-c5cccc6c5CCCC6)c(F)cc34)C[C@H]21. The maximum atomic E-state index is 16.3. The van der Waals surface area contributed by atoms with Gasteiger partial charge in [0.2, 0.25) is 5.88 Å². The second-order valence-corrected chi connectivity index (χ2v) is 14.2. The van der Waals surface area contributed by atoms with Crippen molar-refractivity contribution in [2.45, 2.75) is 88.1 Å². The first-order valence-corrected chi connectivity index (χ1v) is 17.1. The van der Waals surface area contributed by atoms with Gasteiger partial charge >= 0.3 is 0 Å². The number of ether oxygens (including phenoxy) is 1. The van der Waals surface area contributed by atoms with Crippen molar-refractivity contribution in [3.05, 3.63) is 70.8 Å². The molecule has 4 fully saturated rings. The van der Waals surface area contributed by atoms with E-state index in [1.165, 1.54) is 11.1 Å². The highest BCUT2D eigenvalue weighted by molar-refractivity contribution is 5.92. The number of nitrogens with zero attached hydrogens (tertiary/aromatic N) is 4. The minimum absolute atomic E-state index is 0.0272. The Morgan fingerprint density at radius 2 is 1.89 bits per heavy atom. The Kier molecular flexibility index (Phi) is 7.36. The highest BCUT2D eigenvalue weighted by atomic mass is 19.1. The second kappa shape index (κ2) is 11.5. The van der Waals surface area contributed by atoms with Gasteiger partial charge in [-0.2, -0.15) is 5.26 Å². The number of halogens is 2. The fourth-order valence-electron chi connectivity index (χ4n) is 9.73. The van der Waals surface area contributed by atoms with Crippen LogP contribution in [0, 0.1) is 23.1 Å². The standard InChI is InChI=1S/C38H40F2N4O2/c1-23(39)37(45)44-16-11-25-17-26(18-34(25)44)35-30-19-32(40)29(28-10-4-8-24-7-2-3-9-27(24)28)20-33(30)42-36(31(35)21-41)46-22-38-12-5-14-43(38)15-6-13-38/h4,8,10,19-20,25-26,34H,1-3,5-7,9,11-18,22H2/t25-,26?,34+/m0/s1. The number of hydrogen-bond donors (Lipinski definition) is 0. The first kappa shape index (κ1) is 29.6. The number of aromatic nitrogens is 1. The molecule has 0 bridgehead atoms. The lowest BCUT2D eigenvalue weighted by Gasteiger charge is -2.32. The molecule has 6 nitrogen and oxygen atoms in total. The van der Waals surface area contributed by atoms with Crippen LogP contribution in [0.25, 0.3) is 22.0 Å². The topological polar surface area (TPSA) is 69.5 Å². The highest BCUT2D eigenvalue weighted by Gasteiger charge is 2.47. The van der Waals surface area contributed by atoms with E-state index in [1.807, 2.05) is 18.2 Å². The molecule has 3 aliphatic heterocycles. The molecule has 1 amide bonds. The van der Waals surface area contributed by atoms with E-state index in [0.29, 0.717) is 47.5 Å². The van der Waals surface area contributed by atoms with Crippen LogP contribution in [-0.4, -0.2) is 58.5 Å². The third-order valence-corrected chi connectivity index (χ3v) is 11.9. The van der Waals surface area contributed by atoms with Gasteiger partial charge in [0.05, 0.1) is 11.1 Å². The number of carbonyl (C=O) groups is 1. The molecule has 3 aromatic rings. The Balaban J connectivity index is 1.24. The van der Waals surface area contributed by atoms with Crippen molar-refractivity contribution in [3.63, 3.8) is 0 Å². The van der Waals surface area contributed by atoms with E-state index in [9.17, 15) is 14.4 Å². The monoisotopic (exact) mass is 622 g/mol. The van der Waals surface area contributed by atoms with Gasteiger partial charge in [0.25, 0.3) is 5.91 Å². The van der Waals surface area contributed by atoms with Crippen LogP contribution >= 0.6 is 0 Å². The van der Waals surface area contributed by atoms with Gasteiger partial charge in [0.15, 0.2) is 5.83 Å². The Morgan fingerprint density at radius 1 is 1.09 bits per heavy atom. The Hall–Kier alpha value is -3.83. The van der Waals surface area contributed by atoms with Crippen LogP contribution in [0.4, 0.5) is 8.78 Å².